The number of aliphatic hydroxyl groups is 2. The number of rotatable bonds is 10. The number of methoxy groups -OCH3 is 1. The van der Waals surface area contributed by atoms with E-state index in [0.29, 0.717) is 0 Å². The summed E-state index contributed by atoms with van der Waals surface area (Å²) < 4.78 is 9.63. The number of hydrogen-bond donors (Lipinski definition) is 3. The van der Waals surface area contributed by atoms with Gasteiger partial charge in [0.1, 0.15) is 0 Å². The number of hydrogen-bond acceptors (Lipinski definition) is 5. The van der Waals surface area contributed by atoms with E-state index in [1.807, 2.05) is 0 Å². The molecule has 3 N–H and O–H groups in total. The maximum atomic E-state index is 9.81. The SMILES string of the molecule is COC(C)C(=O)O.OCCCCOCCCCO. The first-order valence-electron chi connectivity index (χ1n) is 6.15. The topological polar surface area (TPSA) is 96.2 Å². The molecule has 0 aromatic rings. The van der Waals surface area contributed by atoms with E-state index in [1.165, 1.54) is 14.0 Å². The number of aliphatic carboxylic acids is 1. The lowest BCUT2D eigenvalue weighted by Crippen LogP contribution is -2.17. The standard InChI is InChI=1S/C8H18O3.C4H8O3/c9-5-1-3-7-11-8-4-2-6-10;1-3(7-2)4(5)6/h9-10H,1-8H2;3H,1-2H3,(H,5,6). The Kier molecular flexibility index (Phi) is 17.8. The van der Waals surface area contributed by atoms with Crippen molar-refractivity contribution in [1.82, 2.24) is 0 Å². The average molecular weight is 266 g/mol. The molecule has 0 rings (SSSR count). The summed E-state index contributed by atoms with van der Waals surface area (Å²) in [5.41, 5.74) is 0. The molecular weight excluding hydrogens is 240 g/mol. The second kappa shape index (κ2) is 16.3. The highest BCUT2D eigenvalue weighted by molar-refractivity contribution is 5.71. The summed E-state index contributed by atoms with van der Waals surface area (Å²) in [4.78, 5) is 9.81. The van der Waals surface area contributed by atoms with Gasteiger partial charge in [-0.15, -0.1) is 0 Å². The zero-order valence-electron chi connectivity index (χ0n) is 11.3. The number of ether oxygens (including phenoxy) is 2. The Hall–Kier alpha value is -0.690. The molecule has 6 nitrogen and oxygen atoms in total. The molecule has 0 aliphatic rings. The van der Waals surface area contributed by atoms with Gasteiger partial charge >= 0.3 is 5.97 Å². The maximum Gasteiger partial charge on any atom is 0.332 e. The van der Waals surface area contributed by atoms with Crippen LogP contribution in [0.3, 0.4) is 0 Å². The average Bonchev–Trinajstić information content (AvgIpc) is 2.37. The Balaban J connectivity index is 0. The van der Waals surface area contributed by atoms with Crippen molar-refractivity contribution < 1.29 is 29.6 Å². The van der Waals surface area contributed by atoms with Gasteiger partial charge in [0.25, 0.3) is 0 Å². The largest absolute Gasteiger partial charge is 0.479 e. The van der Waals surface area contributed by atoms with E-state index in [0.717, 1.165) is 38.9 Å². The van der Waals surface area contributed by atoms with Crippen molar-refractivity contribution >= 4 is 5.97 Å². The van der Waals surface area contributed by atoms with Crippen LogP contribution in [0, 0.1) is 0 Å². The molecule has 0 bridgehead atoms. The zero-order chi connectivity index (χ0) is 14.2. The third-order valence-electron chi connectivity index (χ3n) is 2.09. The van der Waals surface area contributed by atoms with Crippen molar-refractivity contribution in [1.29, 1.82) is 0 Å². The second-order valence-electron chi connectivity index (χ2n) is 3.69. The predicted octanol–water partition coefficient (Wildman–Crippen LogP) is 0.654. The lowest BCUT2D eigenvalue weighted by Gasteiger charge is -2.01. The Morgan fingerprint density at radius 2 is 1.50 bits per heavy atom. The first kappa shape index (κ1) is 19.6. The van der Waals surface area contributed by atoms with Gasteiger partial charge in [0.2, 0.25) is 0 Å². The van der Waals surface area contributed by atoms with E-state index in [1.54, 1.807) is 0 Å². The molecular formula is C12H26O6. The summed E-state index contributed by atoms with van der Waals surface area (Å²) in [7, 11) is 1.36. The molecule has 18 heavy (non-hydrogen) atoms. The van der Waals surface area contributed by atoms with Crippen molar-refractivity contribution in [2.45, 2.75) is 38.7 Å². The van der Waals surface area contributed by atoms with E-state index in [9.17, 15) is 4.79 Å². The van der Waals surface area contributed by atoms with Crippen LogP contribution in [-0.4, -0.2) is 60.9 Å². The van der Waals surface area contributed by atoms with Crippen LogP contribution in [0.1, 0.15) is 32.6 Å². The van der Waals surface area contributed by atoms with Gasteiger partial charge in [0, 0.05) is 33.5 Å². The van der Waals surface area contributed by atoms with Crippen molar-refractivity contribution in [3.8, 4) is 0 Å². The Bertz CT molecular complexity index is 166. The molecule has 1 unspecified atom stereocenters. The smallest absolute Gasteiger partial charge is 0.332 e. The van der Waals surface area contributed by atoms with Crippen molar-refractivity contribution in [3.63, 3.8) is 0 Å². The molecule has 1 atom stereocenters. The summed E-state index contributed by atoms with van der Waals surface area (Å²) in [5.74, 6) is -0.928. The van der Waals surface area contributed by atoms with Gasteiger partial charge in [-0.05, 0) is 32.6 Å². The third-order valence-corrected chi connectivity index (χ3v) is 2.09. The molecule has 0 aromatic carbocycles. The van der Waals surface area contributed by atoms with Crippen LogP contribution in [0.2, 0.25) is 0 Å². The normalized spacial score (nSPS) is 11.6. The molecule has 0 aliphatic carbocycles. The quantitative estimate of drug-likeness (QED) is 0.502. The maximum absolute atomic E-state index is 9.81. The highest BCUT2D eigenvalue weighted by Gasteiger charge is 2.06. The molecule has 0 heterocycles. The van der Waals surface area contributed by atoms with Gasteiger partial charge in [-0.3, -0.25) is 0 Å². The Labute approximate surface area is 109 Å². The minimum Gasteiger partial charge on any atom is -0.479 e. The summed E-state index contributed by atoms with van der Waals surface area (Å²) >= 11 is 0. The molecule has 6 heteroatoms. The molecule has 110 valence electrons. The Morgan fingerprint density at radius 1 is 1.06 bits per heavy atom. The number of carbonyl (C=O) groups is 1. The van der Waals surface area contributed by atoms with Crippen LogP contribution in [-0.2, 0) is 14.3 Å². The van der Waals surface area contributed by atoms with Gasteiger partial charge in [-0.25, -0.2) is 4.79 Å². The van der Waals surface area contributed by atoms with Gasteiger partial charge in [-0.1, -0.05) is 0 Å². The van der Waals surface area contributed by atoms with Gasteiger partial charge in [0.15, 0.2) is 6.10 Å². The van der Waals surface area contributed by atoms with Crippen LogP contribution < -0.4 is 0 Å². The number of unbranched alkanes of at least 4 members (excludes halogenated alkanes) is 2. The van der Waals surface area contributed by atoms with Crippen LogP contribution in [0.4, 0.5) is 0 Å². The van der Waals surface area contributed by atoms with E-state index < -0.39 is 12.1 Å². The van der Waals surface area contributed by atoms with Crippen LogP contribution in [0.25, 0.3) is 0 Å². The highest BCUT2D eigenvalue weighted by atomic mass is 16.5. The zero-order valence-corrected chi connectivity index (χ0v) is 11.3. The van der Waals surface area contributed by atoms with Crippen molar-refractivity contribution in [2.75, 3.05) is 33.5 Å². The van der Waals surface area contributed by atoms with E-state index >= 15 is 0 Å². The van der Waals surface area contributed by atoms with E-state index in [2.05, 4.69) is 4.74 Å². The summed E-state index contributed by atoms with van der Waals surface area (Å²) in [6.45, 7) is 3.43. The van der Waals surface area contributed by atoms with Crippen molar-refractivity contribution in [2.24, 2.45) is 0 Å². The van der Waals surface area contributed by atoms with E-state index in [4.69, 9.17) is 20.1 Å². The van der Waals surface area contributed by atoms with Gasteiger partial charge in [-0.2, -0.15) is 0 Å². The fourth-order valence-corrected chi connectivity index (χ4v) is 0.835. The van der Waals surface area contributed by atoms with Gasteiger partial charge in [0.05, 0.1) is 0 Å². The lowest BCUT2D eigenvalue weighted by atomic mass is 10.3. The number of carboxylic acids is 1. The second-order valence-corrected chi connectivity index (χ2v) is 3.69. The number of aliphatic hydroxyl groups excluding tert-OH is 2. The van der Waals surface area contributed by atoms with Crippen LogP contribution in [0.5, 0.6) is 0 Å². The molecule has 0 amide bonds. The van der Waals surface area contributed by atoms with Crippen LogP contribution in [0.15, 0.2) is 0 Å². The molecule has 0 radical (unpaired) electrons. The minimum absolute atomic E-state index is 0.250. The molecule has 0 spiro atoms. The lowest BCUT2D eigenvalue weighted by molar-refractivity contribution is -0.147. The molecule has 0 aliphatic heterocycles. The third kappa shape index (κ3) is 17.7. The summed E-state index contributed by atoms with van der Waals surface area (Å²) in [6.07, 6.45) is 2.81. The highest BCUT2D eigenvalue weighted by Crippen LogP contribution is 1.92. The monoisotopic (exact) mass is 266 g/mol. The molecule has 0 saturated carbocycles. The first-order valence-corrected chi connectivity index (χ1v) is 6.15. The number of carboxylic acid groups (broad SMARTS) is 1. The van der Waals surface area contributed by atoms with Gasteiger partial charge < -0.3 is 24.8 Å². The Morgan fingerprint density at radius 3 is 1.72 bits per heavy atom. The van der Waals surface area contributed by atoms with Crippen molar-refractivity contribution in [3.05, 3.63) is 0 Å². The fraction of sp³-hybridized carbons (Fsp3) is 0.917. The minimum atomic E-state index is -0.928. The van der Waals surface area contributed by atoms with Crippen LogP contribution >= 0.6 is 0 Å². The molecule has 0 fully saturated rings. The fourth-order valence-electron chi connectivity index (χ4n) is 0.835. The molecule has 0 saturated heterocycles. The molecule has 0 aromatic heterocycles. The predicted molar refractivity (Wildman–Crippen MR) is 67.6 cm³/mol. The first-order chi connectivity index (χ1) is 8.59. The van der Waals surface area contributed by atoms with E-state index in [-0.39, 0.29) is 13.2 Å². The summed E-state index contributed by atoms with van der Waals surface area (Å²) in [6, 6.07) is 0. The summed E-state index contributed by atoms with van der Waals surface area (Å²) in [5, 5.41) is 24.9.